The number of carbonyl (C=O) groups is 1. The first kappa shape index (κ1) is 13.3. The van der Waals surface area contributed by atoms with Crippen molar-refractivity contribution in [2.75, 3.05) is 13.2 Å². The van der Waals surface area contributed by atoms with Gasteiger partial charge in [0.2, 0.25) is 5.91 Å². The molecule has 5 atom stereocenters. The zero-order valence-electron chi connectivity index (χ0n) is 8.48. The van der Waals surface area contributed by atoms with E-state index in [1.807, 2.05) is 0 Å². The molecule has 0 aromatic rings. The number of rotatable bonds is 3. The third-order valence-corrected chi connectivity index (χ3v) is 2.38. The van der Waals surface area contributed by atoms with Crippen molar-refractivity contribution in [2.24, 2.45) is 5.73 Å². The lowest BCUT2D eigenvalue weighted by Gasteiger charge is -2.40. The Balaban J connectivity index is 2.67. The van der Waals surface area contributed by atoms with Crippen LogP contribution in [0.2, 0.25) is 0 Å². The lowest BCUT2D eigenvalue weighted by molar-refractivity contribution is -0.235. The third kappa shape index (κ3) is 2.67. The molecule has 0 radical (unpaired) electrons. The normalized spacial score (nSPS) is 39.4. The van der Waals surface area contributed by atoms with Gasteiger partial charge in [-0.05, 0) is 0 Å². The fourth-order valence-corrected chi connectivity index (χ4v) is 1.44. The summed E-state index contributed by atoms with van der Waals surface area (Å²) in [6, 6.07) is 0. The highest BCUT2D eigenvalue weighted by molar-refractivity contribution is 5.77. The van der Waals surface area contributed by atoms with E-state index >= 15 is 0 Å². The maximum Gasteiger partial charge on any atom is 0.235 e. The van der Waals surface area contributed by atoms with E-state index < -0.39 is 43.2 Å². The van der Waals surface area contributed by atoms with Gasteiger partial charge >= 0.3 is 0 Å². The molecule has 0 aromatic carbocycles. The molecule has 1 heterocycles. The Morgan fingerprint density at radius 2 is 1.88 bits per heavy atom. The summed E-state index contributed by atoms with van der Waals surface area (Å²) in [5.41, 5.74) is 5.05. The summed E-state index contributed by atoms with van der Waals surface area (Å²) in [6.45, 7) is -0.838. The van der Waals surface area contributed by atoms with E-state index in [0.717, 1.165) is 0 Å². The van der Waals surface area contributed by atoms with Crippen molar-refractivity contribution in [1.82, 2.24) is 5.32 Å². The average Bonchev–Trinajstić information content (AvgIpc) is 2.29. The zero-order chi connectivity index (χ0) is 12.3. The number of hydrogen-bond acceptors (Lipinski definition) is 7. The Hall–Kier alpha value is -0.770. The van der Waals surface area contributed by atoms with Crippen LogP contribution in [0.5, 0.6) is 0 Å². The lowest BCUT2D eigenvalue weighted by Crippen LogP contribution is -2.63. The summed E-state index contributed by atoms with van der Waals surface area (Å²) in [6.07, 6.45) is -6.67. The smallest absolute Gasteiger partial charge is 0.235 e. The van der Waals surface area contributed by atoms with Gasteiger partial charge in [0.1, 0.15) is 24.4 Å². The number of carbonyl (C=O) groups excluding carboxylic acids is 1. The fourth-order valence-electron chi connectivity index (χ4n) is 1.44. The van der Waals surface area contributed by atoms with Crippen molar-refractivity contribution in [3.63, 3.8) is 0 Å². The van der Waals surface area contributed by atoms with Crippen LogP contribution in [0.15, 0.2) is 0 Å². The SMILES string of the molecule is NCC(=O)N[C@H]1O[C@H](CO)[C@H](O)[C@H](O)[C@H]1O. The lowest BCUT2D eigenvalue weighted by atomic mass is 9.98. The number of hydrogen-bond donors (Lipinski definition) is 6. The van der Waals surface area contributed by atoms with Crippen molar-refractivity contribution in [1.29, 1.82) is 0 Å². The summed E-state index contributed by atoms with van der Waals surface area (Å²) in [4.78, 5) is 11.0. The number of aliphatic hydroxyl groups excluding tert-OH is 4. The van der Waals surface area contributed by atoms with Crippen LogP contribution in [-0.2, 0) is 9.53 Å². The second-order valence-corrected chi connectivity index (χ2v) is 3.52. The van der Waals surface area contributed by atoms with Gasteiger partial charge in [-0.2, -0.15) is 0 Å². The summed E-state index contributed by atoms with van der Waals surface area (Å²) < 4.78 is 5.01. The number of aliphatic hydroxyl groups is 4. The molecule has 1 amide bonds. The van der Waals surface area contributed by atoms with E-state index in [1.165, 1.54) is 0 Å². The molecular formula is C8H16N2O6. The second kappa shape index (κ2) is 5.53. The van der Waals surface area contributed by atoms with E-state index in [0.29, 0.717) is 0 Å². The second-order valence-electron chi connectivity index (χ2n) is 3.52. The monoisotopic (exact) mass is 236 g/mol. The first-order chi connectivity index (χ1) is 7.51. The average molecular weight is 236 g/mol. The third-order valence-electron chi connectivity index (χ3n) is 2.38. The highest BCUT2D eigenvalue weighted by Gasteiger charge is 2.43. The van der Waals surface area contributed by atoms with Crippen LogP contribution >= 0.6 is 0 Å². The van der Waals surface area contributed by atoms with E-state index in [9.17, 15) is 20.1 Å². The molecule has 0 aliphatic carbocycles. The van der Waals surface area contributed by atoms with Crippen LogP contribution in [0.4, 0.5) is 0 Å². The minimum absolute atomic E-state index is 0.297. The van der Waals surface area contributed by atoms with Crippen LogP contribution in [0.25, 0.3) is 0 Å². The molecule has 1 aliphatic heterocycles. The molecule has 0 bridgehead atoms. The highest BCUT2D eigenvalue weighted by atomic mass is 16.6. The summed E-state index contributed by atoms with van der Waals surface area (Å²) >= 11 is 0. The quantitative estimate of drug-likeness (QED) is 0.292. The Morgan fingerprint density at radius 3 is 2.38 bits per heavy atom. The molecule has 0 unspecified atom stereocenters. The van der Waals surface area contributed by atoms with Crippen LogP contribution in [0.1, 0.15) is 0 Å². The standard InChI is InChI=1S/C8H16N2O6/c9-1-4(12)10-8-7(15)6(14)5(13)3(2-11)16-8/h3,5-8,11,13-15H,1-2,9H2,(H,10,12)/t3-,5+,6+,7-,8+/m1/s1. The number of ether oxygens (including phenoxy) is 1. The molecule has 0 aromatic heterocycles. The maximum atomic E-state index is 11.0. The van der Waals surface area contributed by atoms with Crippen molar-refractivity contribution in [3.05, 3.63) is 0 Å². The summed E-state index contributed by atoms with van der Waals surface area (Å²) in [7, 11) is 0. The van der Waals surface area contributed by atoms with Gasteiger partial charge in [0.15, 0.2) is 6.23 Å². The predicted octanol–water partition coefficient (Wildman–Crippen LogP) is -4.14. The maximum absolute atomic E-state index is 11.0. The molecule has 8 nitrogen and oxygen atoms in total. The molecule has 1 rings (SSSR count). The first-order valence-electron chi connectivity index (χ1n) is 4.81. The van der Waals surface area contributed by atoms with Gasteiger partial charge in [-0.15, -0.1) is 0 Å². The Labute approximate surface area is 91.6 Å². The van der Waals surface area contributed by atoms with Gasteiger partial charge in [-0.25, -0.2) is 0 Å². The van der Waals surface area contributed by atoms with Crippen molar-refractivity contribution >= 4 is 5.91 Å². The number of nitrogens with one attached hydrogen (secondary N) is 1. The Kier molecular flexibility index (Phi) is 4.59. The fraction of sp³-hybridized carbons (Fsp3) is 0.875. The van der Waals surface area contributed by atoms with Gasteiger partial charge in [0, 0.05) is 0 Å². The Morgan fingerprint density at radius 1 is 1.25 bits per heavy atom. The minimum Gasteiger partial charge on any atom is -0.394 e. The van der Waals surface area contributed by atoms with Crippen LogP contribution in [0, 0.1) is 0 Å². The molecule has 7 N–H and O–H groups in total. The molecular weight excluding hydrogens is 220 g/mol. The van der Waals surface area contributed by atoms with Gasteiger partial charge in [0.25, 0.3) is 0 Å². The molecule has 16 heavy (non-hydrogen) atoms. The van der Waals surface area contributed by atoms with Gasteiger partial charge in [-0.3, -0.25) is 4.79 Å². The van der Waals surface area contributed by atoms with Crippen LogP contribution in [0.3, 0.4) is 0 Å². The minimum atomic E-state index is -1.51. The number of nitrogens with two attached hydrogens (primary N) is 1. The van der Waals surface area contributed by atoms with Gasteiger partial charge in [-0.1, -0.05) is 0 Å². The predicted molar refractivity (Wildman–Crippen MR) is 51.0 cm³/mol. The summed E-state index contributed by atoms with van der Waals surface area (Å²) in [5, 5.41) is 39.4. The zero-order valence-corrected chi connectivity index (χ0v) is 8.48. The highest BCUT2D eigenvalue weighted by Crippen LogP contribution is 2.19. The van der Waals surface area contributed by atoms with E-state index in [-0.39, 0.29) is 6.54 Å². The van der Waals surface area contributed by atoms with Crippen molar-refractivity contribution in [2.45, 2.75) is 30.6 Å². The van der Waals surface area contributed by atoms with E-state index in [4.69, 9.17) is 15.6 Å². The number of amides is 1. The molecule has 8 heteroatoms. The van der Waals surface area contributed by atoms with Gasteiger partial charge < -0.3 is 36.2 Å². The van der Waals surface area contributed by atoms with Crippen LogP contribution in [-0.4, -0.2) is 70.1 Å². The first-order valence-corrected chi connectivity index (χ1v) is 4.81. The topological polar surface area (TPSA) is 145 Å². The van der Waals surface area contributed by atoms with Crippen LogP contribution < -0.4 is 11.1 Å². The molecule has 0 saturated carbocycles. The molecule has 1 saturated heterocycles. The Bertz CT molecular complexity index is 249. The summed E-state index contributed by atoms with van der Waals surface area (Å²) in [5.74, 6) is -0.579. The largest absolute Gasteiger partial charge is 0.394 e. The molecule has 1 fully saturated rings. The molecule has 94 valence electrons. The van der Waals surface area contributed by atoms with Gasteiger partial charge in [0.05, 0.1) is 13.2 Å². The molecule has 0 spiro atoms. The van der Waals surface area contributed by atoms with E-state index in [2.05, 4.69) is 5.32 Å². The van der Waals surface area contributed by atoms with E-state index in [1.54, 1.807) is 0 Å². The van der Waals surface area contributed by atoms with Crippen molar-refractivity contribution < 1.29 is 30.0 Å². The molecule has 1 aliphatic rings. The van der Waals surface area contributed by atoms with Crippen molar-refractivity contribution in [3.8, 4) is 0 Å².